The third kappa shape index (κ3) is 67.3. The van der Waals surface area contributed by atoms with E-state index >= 15 is 0 Å². The Morgan fingerprint density at radius 2 is 0.537 bits per heavy atom. The molecule has 0 aliphatic rings. The van der Waals surface area contributed by atoms with E-state index in [1.165, 1.54) is 238 Å². The number of ether oxygens (including phenoxy) is 2. The average molecular weight is 1110 g/mol. The van der Waals surface area contributed by atoms with Crippen LogP contribution in [-0.4, -0.2) is 36.4 Å². The Labute approximate surface area is 498 Å². The number of hydrogen-bond donors (Lipinski definition) is 1. The van der Waals surface area contributed by atoms with Gasteiger partial charge in [0.2, 0.25) is 0 Å². The van der Waals surface area contributed by atoms with Crippen LogP contribution in [0.2, 0.25) is 0 Å². The van der Waals surface area contributed by atoms with Crippen molar-refractivity contribution in [2.24, 2.45) is 0 Å². The normalized spacial score (nSPS) is 12.8. The molecule has 1 atom stereocenters. The Morgan fingerprint density at radius 1 is 0.300 bits per heavy atom. The molecular weight excluding hydrogens is 981 g/mol. The molecule has 1 unspecified atom stereocenters. The Morgan fingerprint density at radius 3 is 0.812 bits per heavy atom. The third-order valence-electron chi connectivity index (χ3n) is 15.4. The topological polar surface area (TPSA) is 72.8 Å². The monoisotopic (exact) mass is 1110 g/mol. The zero-order valence-corrected chi connectivity index (χ0v) is 53.1. The molecule has 0 radical (unpaired) electrons. The number of allylic oxidation sites excluding steroid dienone is 16. The molecule has 0 heterocycles. The van der Waals surface area contributed by atoms with Gasteiger partial charge < -0.3 is 14.6 Å². The van der Waals surface area contributed by atoms with E-state index in [-0.39, 0.29) is 25.2 Å². The lowest BCUT2D eigenvalue weighted by Crippen LogP contribution is -2.28. The molecule has 0 aromatic rings. The number of hydrogen-bond acceptors (Lipinski definition) is 5. The lowest BCUT2D eigenvalue weighted by molar-refractivity contribution is -0.161. The molecule has 5 heteroatoms. The Balaban J connectivity index is 3.42. The molecule has 5 nitrogen and oxygen atoms in total. The van der Waals surface area contributed by atoms with Crippen molar-refractivity contribution in [1.29, 1.82) is 0 Å². The maximum absolute atomic E-state index is 12.3. The fourth-order valence-corrected chi connectivity index (χ4v) is 10.2. The number of rotatable bonds is 64. The van der Waals surface area contributed by atoms with E-state index in [9.17, 15) is 14.7 Å². The standard InChI is InChI=1S/C75H132O5/c1-3-5-7-9-11-13-15-17-19-21-23-25-27-29-30-31-32-33-34-35-36-37-38-39-40-41-42-43-44-46-47-49-51-53-55-57-59-61-63-65-67-69-74(77)79-72-73(71-76)80-75(78)70-68-66-64-62-60-58-56-54-52-50-48-45-28-26-24-22-20-18-16-14-12-10-8-6-4-2/h6,8,12,14-15,17-18,20-21,23-24,26-27,29,45,48,73,76H,3-5,7,9-11,13,16,19,22,25,28,30-44,46-47,49-72H2,1-2H3/b8-6-,14-12-,17-15-,20-18-,23-21-,26-24-,29-27-,48-45-. The van der Waals surface area contributed by atoms with E-state index in [1.807, 2.05) is 0 Å². The first-order chi connectivity index (χ1) is 39.6. The van der Waals surface area contributed by atoms with Crippen molar-refractivity contribution >= 4 is 11.9 Å². The number of esters is 2. The van der Waals surface area contributed by atoms with E-state index in [0.717, 1.165) is 83.5 Å². The molecule has 0 bridgehead atoms. The number of carbonyl (C=O) groups excluding carboxylic acids is 2. The SMILES string of the molecule is CC/C=C\C/C=C\C/C=C\C/C=C\C/C=C\CCCCCCCCCCCC(=O)OC(CO)COC(=O)CCCCCCCCCCCCCCCCCCCCCCCCCCCC/C=C\C/C=C\C/C=C\CCCCCCC. The summed E-state index contributed by atoms with van der Waals surface area (Å²) in [5, 5.41) is 9.69. The van der Waals surface area contributed by atoms with Crippen molar-refractivity contribution in [3.05, 3.63) is 97.2 Å². The van der Waals surface area contributed by atoms with Gasteiger partial charge in [0.25, 0.3) is 0 Å². The number of carbonyl (C=O) groups is 2. The minimum absolute atomic E-state index is 0.0687. The Hall–Kier alpha value is -3.18. The smallest absolute Gasteiger partial charge is 0.306 e. The second kappa shape index (κ2) is 70.1. The Bertz CT molecular complexity index is 1500. The van der Waals surface area contributed by atoms with Crippen LogP contribution in [0.4, 0.5) is 0 Å². The number of aliphatic hydroxyl groups excluding tert-OH is 1. The van der Waals surface area contributed by atoms with Gasteiger partial charge >= 0.3 is 11.9 Å². The summed E-state index contributed by atoms with van der Waals surface area (Å²) in [5.41, 5.74) is 0. The van der Waals surface area contributed by atoms with Gasteiger partial charge in [-0.2, -0.15) is 0 Å². The molecule has 0 spiro atoms. The highest BCUT2D eigenvalue weighted by atomic mass is 16.6. The van der Waals surface area contributed by atoms with Crippen molar-refractivity contribution in [2.75, 3.05) is 13.2 Å². The highest BCUT2D eigenvalue weighted by Crippen LogP contribution is 2.18. The zero-order valence-electron chi connectivity index (χ0n) is 53.1. The Kier molecular flexibility index (Phi) is 67.3. The summed E-state index contributed by atoms with van der Waals surface area (Å²) in [5.74, 6) is -0.587. The molecule has 0 saturated heterocycles. The molecule has 0 saturated carbocycles. The van der Waals surface area contributed by atoms with Crippen LogP contribution >= 0.6 is 0 Å². The summed E-state index contributed by atoms with van der Waals surface area (Å²) in [6.45, 7) is 4.04. The molecule has 0 aliphatic heterocycles. The van der Waals surface area contributed by atoms with Crippen LogP contribution in [0.25, 0.3) is 0 Å². The maximum atomic E-state index is 12.3. The van der Waals surface area contributed by atoms with Gasteiger partial charge in [0.05, 0.1) is 6.61 Å². The molecule has 462 valence electrons. The molecule has 0 rings (SSSR count). The van der Waals surface area contributed by atoms with Crippen LogP contribution in [0.15, 0.2) is 97.2 Å². The molecule has 0 amide bonds. The molecule has 0 aromatic carbocycles. The minimum Gasteiger partial charge on any atom is -0.462 e. The van der Waals surface area contributed by atoms with Gasteiger partial charge in [0, 0.05) is 12.8 Å². The van der Waals surface area contributed by atoms with Crippen LogP contribution in [0.5, 0.6) is 0 Å². The average Bonchev–Trinajstić information content (AvgIpc) is 3.46. The predicted molar refractivity (Wildman–Crippen MR) is 352 cm³/mol. The summed E-state index contributed by atoms with van der Waals surface area (Å²) in [4.78, 5) is 24.6. The van der Waals surface area contributed by atoms with Crippen LogP contribution in [0.1, 0.15) is 348 Å². The van der Waals surface area contributed by atoms with E-state index in [4.69, 9.17) is 9.47 Å². The zero-order chi connectivity index (χ0) is 57.6. The highest BCUT2D eigenvalue weighted by molar-refractivity contribution is 5.70. The minimum atomic E-state index is -0.780. The molecule has 0 aromatic heterocycles. The van der Waals surface area contributed by atoms with E-state index in [1.54, 1.807) is 0 Å². The first-order valence-electron chi connectivity index (χ1n) is 34.8. The molecule has 0 fully saturated rings. The first-order valence-corrected chi connectivity index (χ1v) is 34.8. The summed E-state index contributed by atoms with van der Waals surface area (Å²) in [7, 11) is 0. The van der Waals surface area contributed by atoms with Crippen LogP contribution in [0, 0.1) is 0 Å². The summed E-state index contributed by atoms with van der Waals surface area (Å²) in [6, 6.07) is 0. The van der Waals surface area contributed by atoms with Gasteiger partial charge in [-0.05, 0) is 96.3 Å². The predicted octanol–water partition coefficient (Wildman–Crippen LogP) is 24.2. The number of aliphatic hydroxyl groups is 1. The van der Waals surface area contributed by atoms with Crippen molar-refractivity contribution in [2.45, 2.75) is 354 Å². The lowest BCUT2D eigenvalue weighted by Gasteiger charge is -2.15. The van der Waals surface area contributed by atoms with Crippen molar-refractivity contribution in [1.82, 2.24) is 0 Å². The van der Waals surface area contributed by atoms with E-state index in [0.29, 0.717) is 12.8 Å². The van der Waals surface area contributed by atoms with Crippen LogP contribution < -0.4 is 0 Å². The fourth-order valence-electron chi connectivity index (χ4n) is 10.2. The number of unbranched alkanes of at least 4 members (excludes halogenated alkanes) is 40. The van der Waals surface area contributed by atoms with Gasteiger partial charge in [0.15, 0.2) is 6.10 Å². The highest BCUT2D eigenvalue weighted by Gasteiger charge is 2.16. The quantitative estimate of drug-likeness (QED) is 0.0373. The summed E-state index contributed by atoms with van der Waals surface area (Å²) in [6.07, 6.45) is 100. The summed E-state index contributed by atoms with van der Waals surface area (Å²) >= 11 is 0. The van der Waals surface area contributed by atoms with Gasteiger partial charge in [0.1, 0.15) is 6.61 Å². The second-order valence-corrected chi connectivity index (χ2v) is 23.2. The maximum Gasteiger partial charge on any atom is 0.306 e. The molecular formula is C75H132O5. The van der Waals surface area contributed by atoms with Crippen LogP contribution in [-0.2, 0) is 19.1 Å². The lowest BCUT2D eigenvalue weighted by atomic mass is 10.0. The molecule has 1 N–H and O–H groups in total. The largest absolute Gasteiger partial charge is 0.462 e. The second-order valence-electron chi connectivity index (χ2n) is 23.2. The van der Waals surface area contributed by atoms with Crippen molar-refractivity contribution in [3.63, 3.8) is 0 Å². The van der Waals surface area contributed by atoms with E-state index < -0.39 is 6.10 Å². The third-order valence-corrected chi connectivity index (χ3v) is 15.4. The van der Waals surface area contributed by atoms with Crippen LogP contribution in [0.3, 0.4) is 0 Å². The van der Waals surface area contributed by atoms with Gasteiger partial charge in [-0.1, -0.05) is 336 Å². The molecule has 0 aliphatic carbocycles. The fraction of sp³-hybridized carbons (Fsp3) is 0.760. The molecule has 80 heavy (non-hydrogen) atoms. The first kappa shape index (κ1) is 76.8. The van der Waals surface area contributed by atoms with E-state index in [2.05, 4.69) is 111 Å². The summed E-state index contributed by atoms with van der Waals surface area (Å²) < 4.78 is 10.7. The van der Waals surface area contributed by atoms with Gasteiger partial charge in [-0.15, -0.1) is 0 Å². The van der Waals surface area contributed by atoms with Gasteiger partial charge in [-0.25, -0.2) is 0 Å². The van der Waals surface area contributed by atoms with Crippen molar-refractivity contribution in [3.8, 4) is 0 Å². The van der Waals surface area contributed by atoms with Gasteiger partial charge in [-0.3, -0.25) is 9.59 Å². The van der Waals surface area contributed by atoms with Crippen molar-refractivity contribution < 1.29 is 24.2 Å².